The second kappa shape index (κ2) is 6.50. The van der Waals surface area contributed by atoms with E-state index in [2.05, 4.69) is 38.1 Å². The third kappa shape index (κ3) is 3.12. The lowest BCUT2D eigenvalue weighted by Gasteiger charge is -2.07. The van der Waals surface area contributed by atoms with Crippen LogP contribution in [0.1, 0.15) is 35.1 Å². The van der Waals surface area contributed by atoms with Crippen LogP contribution in [0.4, 0.5) is 5.69 Å². The van der Waals surface area contributed by atoms with Gasteiger partial charge in [-0.2, -0.15) is 0 Å². The smallest absolute Gasteiger partial charge is 0.274 e. The van der Waals surface area contributed by atoms with Gasteiger partial charge in [-0.3, -0.25) is 14.2 Å². The summed E-state index contributed by atoms with van der Waals surface area (Å²) in [6.45, 7) is 4.07. The summed E-state index contributed by atoms with van der Waals surface area (Å²) in [4.78, 5) is 21.5. The Kier molecular flexibility index (Phi) is 4.43. The molecule has 0 spiro atoms. The molecule has 3 aromatic heterocycles. The third-order valence-electron chi connectivity index (χ3n) is 3.56. The minimum Gasteiger partial charge on any atom is -0.319 e. The van der Waals surface area contributed by atoms with Gasteiger partial charge in [0.1, 0.15) is 11.3 Å². The van der Waals surface area contributed by atoms with Crippen molar-refractivity contribution in [3.63, 3.8) is 0 Å². The van der Waals surface area contributed by atoms with Crippen molar-refractivity contribution >= 4 is 33.2 Å². The van der Waals surface area contributed by atoms with Gasteiger partial charge in [-0.1, -0.05) is 13.3 Å². The fourth-order valence-corrected chi connectivity index (χ4v) is 3.14. The lowest BCUT2D eigenvalue weighted by Crippen LogP contribution is -2.16. The molecule has 0 bridgehead atoms. The minimum atomic E-state index is -0.175. The molecule has 118 valence electrons. The normalized spacial score (nSPS) is 10.9. The van der Waals surface area contributed by atoms with Crippen LogP contribution in [0.15, 0.2) is 41.3 Å². The average molecular weight is 373 g/mol. The summed E-state index contributed by atoms with van der Waals surface area (Å²) in [5, 5.41) is 2.90. The van der Waals surface area contributed by atoms with Gasteiger partial charge in [0, 0.05) is 16.9 Å². The minimum absolute atomic E-state index is 0.175. The lowest BCUT2D eigenvalue weighted by molar-refractivity contribution is 0.102. The molecule has 0 aliphatic rings. The number of aromatic nitrogens is 3. The monoisotopic (exact) mass is 372 g/mol. The molecule has 3 aromatic rings. The number of hydrogen-bond acceptors (Lipinski definition) is 3. The van der Waals surface area contributed by atoms with Crippen LogP contribution in [-0.4, -0.2) is 20.3 Å². The first-order valence-electron chi connectivity index (χ1n) is 7.48. The molecule has 3 rings (SSSR count). The van der Waals surface area contributed by atoms with Gasteiger partial charge >= 0.3 is 0 Å². The Balaban J connectivity index is 2.10. The summed E-state index contributed by atoms with van der Waals surface area (Å²) < 4.78 is 2.77. The summed E-state index contributed by atoms with van der Waals surface area (Å²) in [7, 11) is 0. The predicted octanol–water partition coefficient (Wildman–Crippen LogP) is 4.01. The Hall–Kier alpha value is -2.21. The number of pyridine rings is 2. The van der Waals surface area contributed by atoms with Crippen molar-refractivity contribution in [2.75, 3.05) is 5.32 Å². The highest BCUT2D eigenvalue weighted by Gasteiger charge is 2.20. The SMILES string of the molecule is CCCc1nc2c(C)cc(Br)cn2c1C(=O)Nc1cccnc1. The van der Waals surface area contributed by atoms with Crippen LogP contribution in [0.2, 0.25) is 0 Å². The van der Waals surface area contributed by atoms with E-state index >= 15 is 0 Å². The van der Waals surface area contributed by atoms with Crippen LogP contribution in [0.5, 0.6) is 0 Å². The van der Waals surface area contributed by atoms with E-state index < -0.39 is 0 Å². The molecule has 0 aromatic carbocycles. The molecule has 0 aliphatic heterocycles. The summed E-state index contributed by atoms with van der Waals surface area (Å²) in [5.74, 6) is -0.175. The van der Waals surface area contributed by atoms with Crippen LogP contribution >= 0.6 is 15.9 Å². The number of fused-ring (bicyclic) bond motifs is 1. The van der Waals surface area contributed by atoms with E-state index in [9.17, 15) is 4.79 Å². The third-order valence-corrected chi connectivity index (χ3v) is 4.00. The number of nitrogens with zero attached hydrogens (tertiary/aromatic N) is 3. The zero-order valence-electron chi connectivity index (χ0n) is 13.0. The van der Waals surface area contributed by atoms with Gasteiger partial charge in [0.25, 0.3) is 5.91 Å². The van der Waals surface area contributed by atoms with Gasteiger partial charge < -0.3 is 5.32 Å². The van der Waals surface area contributed by atoms with Gasteiger partial charge in [-0.15, -0.1) is 0 Å². The first-order chi connectivity index (χ1) is 11.1. The van der Waals surface area contributed by atoms with Crippen LogP contribution in [-0.2, 0) is 6.42 Å². The number of imidazole rings is 1. The van der Waals surface area contributed by atoms with Crippen molar-refractivity contribution in [1.29, 1.82) is 0 Å². The number of anilines is 1. The van der Waals surface area contributed by atoms with Gasteiger partial charge in [0.05, 0.1) is 17.6 Å². The molecule has 0 fully saturated rings. The Morgan fingerprint density at radius 3 is 2.96 bits per heavy atom. The molecular weight excluding hydrogens is 356 g/mol. The van der Waals surface area contributed by atoms with Crippen LogP contribution in [0.25, 0.3) is 5.65 Å². The van der Waals surface area contributed by atoms with Crippen molar-refractivity contribution in [3.8, 4) is 0 Å². The van der Waals surface area contributed by atoms with Crippen LogP contribution in [0.3, 0.4) is 0 Å². The van der Waals surface area contributed by atoms with E-state index in [4.69, 9.17) is 0 Å². The van der Waals surface area contributed by atoms with Gasteiger partial charge in [-0.25, -0.2) is 4.98 Å². The molecular formula is C17H17BrN4O. The maximum absolute atomic E-state index is 12.8. The first kappa shape index (κ1) is 15.7. The first-order valence-corrected chi connectivity index (χ1v) is 8.28. The molecule has 0 unspecified atom stereocenters. The fraction of sp³-hybridized carbons (Fsp3) is 0.235. The number of carbonyl (C=O) groups is 1. The summed E-state index contributed by atoms with van der Waals surface area (Å²) in [6, 6.07) is 5.60. The number of nitrogens with one attached hydrogen (secondary N) is 1. The Labute approximate surface area is 142 Å². The summed E-state index contributed by atoms with van der Waals surface area (Å²) in [5.41, 5.74) is 3.90. The quantitative estimate of drug-likeness (QED) is 0.752. The van der Waals surface area contributed by atoms with E-state index in [0.717, 1.165) is 34.2 Å². The van der Waals surface area contributed by atoms with Crippen molar-refractivity contribution in [1.82, 2.24) is 14.4 Å². The van der Waals surface area contributed by atoms with E-state index in [1.807, 2.05) is 29.7 Å². The molecule has 1 N–H and O–H groups in total. The average Bonchev–Trinajstić information content (AvgIpc) is 2.87. The molecule has 0 atom stereocenters. The van der Waals surface area contributed by atoms with E-state index in [0.29, 0.717) is 11.4 Å². The highest BCUT2D eigenvalue weighted by Crippen LogP contribution is 2.22. The maximum atomic E-state index is 12.8. The fourth-order valence-electron chi connectivity index (χ4n) is 2.59. The molecule has 3 heterocycles. The molecule has 0 radical (unpaired) electrons. The maximum Gasteiger partial charge on any atom is 0.274 e. The van der Waals surface area contributed by atoms with Gasteiger partial charge in [0.2, 0.25) is 0 Å². The second-order valence-corrected chi connectivity index (χ2v) is 6.30. The van der Waals surface area contributed by atoms with Crippen molar-refractivity contribution in [2.24, 2.45) is 0 Å². The standard InChI is InChI=1S/C17H17BrN4O/c1-3-5-14-15(17(23)20-13-6-4-7-19-9-13)22-10-12(18)8-11(2)16(22)21-14/h4,6-10H,3,5H2,1-2H3,(H,20,23). The number of carbonyl (C=O) groups excluding carboxylic acids is 1. The highest BCUT2D eigenvalue weighted by atomic mass is 79.9. The molecule has 1 amide bonds. The lowest BCUT2D eigenvalue weighted by atomic mass is 10.2. The number of halogens is 1. The summed E-state index contributed by atoms with van der Waals surface area (Å²) >= 11 is 3.49. The number of aryl methyl sites for hydroxylation is 2. The van der Waals surface area contributed by atoms with Crippen LogP contribution in [0, 0.1) is 6.92 Å². The zero-order valence-corrected chi connectivity index (χ0v) is 14.6. The highest BCUT2D eigenvalue weighted by molar-refractivity contribution is 9.10. The number of hydrogen-bond donors (Lipinski definition) is 1. The van der Waals surface area contributed by atoms with Crippen molar-refractivity contribution in [2.45, 2.75) is 26.7 Å². The second-order valence-electron chi connectivity index (χ2n) is 5.39. The molecule has 0 saturated heterocycles. The Bertz CT molecular complexity index is 858. The van der Waals surface area contributed by atoms with E-state index in [1.165, 1.54) is 0 Å². The largest absolute Gasteiger partial charge is 0.319 e. The van der Waals surface area contributed by atoms with E-state index in [1.54, 1.807) is 18.5 Å². The molecule has 6 heteroatoms. The number of amides is 1. The topological polar surface area (TPSA) is 59.3 Å². The van der Waals surface area contributed by atoms with Gasteiger partial charge in [0.15, 0.2) is 0 Å². The zero-order chi connectivity index (χ0) is 16.4. The Morgan fingerprint density at radius 2 is 2.26 bits per heavy atom. The van der Waals surface area contributed by atoms with Gasteiger partial charge in [-0.05, 0) is 53.0 Å². The summed E-state index contributed by atoms with van der Waals surface area (Å²) in [6.07, 6.45) is 6.87. The van der Waals surface area contributed by atoms with E-state index in [-0.39, 0.29) is 5.91 Å². The van der Waals surface area contributed by atoms with Crippen molar-refractivity contribution in [3.05, 3.63) is 58.2 Å². The Morgan fingerprint density at radius 1 is 1.43 bits per heavy atom. The van der Waals surface area contributed by atoms with Crippen molar-refractivity contribution < 1.29 is 4.79 Å². The molecule has 0 aliphatic carbocycles. The molecule has 5 nitrogen and oxygen atoms in total. The van der Waals surface area contributed by atoms with Crippen LogP contribution < -0.4 is 5.32 Å². The molecule has 0 saturated carbocycles. The number of rotatable bonds is 4. The predicted molar refractivity (Wildman–Crippen MR) is 93.8 cm³/mol. The molecule has 23 heavy (non-hydrogen) atoms.